The summed E-state index contributed by atoms with van der Waals surface area (Å²) in [7, 11) is -3.48. The molecule has 1 fully saturated rings. The Morgan fingerprint density at radius 3 is 2.68 bits per heavy atom. The van der Waals surface area contributed by atoms with Gasteiger partial charge in [-0.25, -0.2) is 17.7 Å². The maximum Gasteiger partial charge on any atom is 0.493 e. The van der Waals surface area contributed by atoms with E-state index in [0.717, 1.165) is 17.6 Å². The molecular formula is C13H17N4O4S+. The molecule has 0 aliphatic carbocycles. The number of nitrogens with zero attached hydrogens (tertiary/aromatic N) is 3. The molecule has 22 heavy (non-hydrogen) atoms. The number of aromatic amines is 1. The van der Waals surface area contributed by atoms with E-state index in [9.17, 15) is 13.2 Å². The van der Waals surface area contributed by atoms with Crippen molar-refractivity contribution in [1.29, 1.82) is 0 Å². The van der Waals surface area contributed by atoms with Crippen LogP contribution < -0.4 is 10.6 Å². The van der Waals surface area contributed by atoms with Gasteiger partial charge in [0.25, 0.3) is 5.69 Å². The number of rotatable bonds is 3. The maximum absolute atomic E-state index is 12.6. The number of aromatic nitrogens is 3. The Morgan fingerprint density at radius 1 is 1.36 bits per heavy atom. The molecule has 1 aromatic heterocycles. The number of piperidine rings is 1. The number of nitrogens with one attached hydrogen (secondary N) is 1. The Hall–Kier alpha value is -2.00. The van der Waals surface area contributed by atoms with Crippen LogP contribution in [-0.2, 0) is 10.0 Å². The first-order valence-corrected chi connectivity index (χ1v) is 8.50. The van der Waals surface area contributed by atoms with Crippen LogP contribution in [0.4, 0.5) is 0 Å². The van der Waals surface area contributed by atoms with Gasteiger partial charge < -0.3 is 0 Å². The van der Waals surface area contributed by atoms with E-state index < -0.39 is 15.8 Å². The van der Waals surface area contributed by atoms with Gasteiger partial charge in [0.1, 0.15) is 0 Å². The molecule has 0 unspecified atom stereocenters. The summed E-state index contributed by atoms with van der Waals surface area (Å²) < 4.78 is 31.2. The van der Waals surface area contributed by atoms with Crippen LogP contribution in [0.15, 0.2) is 38.5 Å². The molecule has 1 aromatic carbocycles. The summed E-state index contributed by atoms with van der Waals surface area (Å²) in [6, 6.07) is 6.14. The summed E-state index contributed by atoms with van der Waals surface area (Å²) in [6.07, 6.45) is 1.94. The minimum atomic E-state index is -3.48. The second-order valence-corrected chi connectivity index (χ2v) is 7.43. The minimum absolute atomic E-state index is 0.233. The molecule has 2 heterocycles. The highest BCUT2D eigenvalue weighted by molar-refractivity contribution is 7.89. The van der Waals surface area contributed by atoms with Crippen molar-refractivity contribution in [2.75, 3.05) is 13.1 Å². The summed E-state index contributed by atoms with van der Waals surface area (Å²) in [4.78, 5) is 12.3. The second-order valence-electron chi connectivity index (χ2n) is 5.49. The summed E-state index contributed by atoms with van der Waals surface area (Å²) >= 11 is 0. The van der Waals surface area contributed by atoms with Crippen molar-refractivity contribution in [2.24, 2.45) is 5.92 Å². The molecule has 1 N–H and O–H groups in total. The van der Waals surface area contributed by atoms with Crippen LogP contribution in [0.5, 0.6) is 0 Å². The molecular weight excluding hydrogens is 308 g/mol. The van der Waals surface area contributed by atoms with E-state index in [1.165, 1.54) is 16.4 Å². The van der Waals surface area contributed by atoms with Crippen molar-refractivity contribution in [3.63, 3.8) is 0 Å². The van der Waals surface area contributed by atoms with Crippen LogP contribution in [0, 0.1) is 5.92 Å². The van der Waals surface area contributed by atoms with E-state index in [2.05, 4.69) is 21.8 Å². The number of H-pyrrole nitrogens is 1. The fourth-order valence-electron chi connectivity index (χ4n) is 2.59. The molecule has 0 radical (unpaired) electrons. The summed E-state index contributed by atoms with van der Waals surface area (Å²) in [5.74, 6) is -0.308. The van der Waals surface area contributed by atoms with Gasteiger partial charge in [-0.2, -0.15) is 4.31 Å². The third kappa shape index (κ3) is 2.81. The standard InChI is InChI=1S/C13H16N4O4S/c1-10-3-2-8-16(9-10)22(19,20)12-6-4-11(5-7-12)17-14-13(18)21-15-17/h4-7,10H,2-3,8-9H2,1H3/p+1/t10-/m1/s1. The van der Waals surface area contributed by atoms with Crippen LogP contribution in [0.3, 0.4) is 0 Å². The van der Waals surface area contributed by atoms with E-state index in [-0.39, 0.29) is 4.90 Å². The Balaban J connectivity index is 1.87. The van der Waals surface area contributed by atoms with Crippen LogP contribution in [-0.4, -0.2) is 36.2 Å². The van der Waals surface area contributed by atoms with Crippen LogP contribution in [0.25, 0.3) is 5.69 Å². The minimum Gasteiger partial charge on any atom is -0.239 e. The van der Waals surface area contributed by atoms with Gasteiger partial charge >= 0.3 is 5.76 Å². The number of benzene rings is 1. The average molecular weight is 325 g/mol. The molecule has 1 atom stereocenters. The van der Waals surface area contributed by atoms with Crippen LogP contribution in [0.1, 0.15) is 19.8 Å². The van der Waals surface area contributed by atoms with Gasteiger partial charge in [0.2, 0.25) is 15.3 Å². The number of sulfonamides is 1. The van der Waals surface area contributed by atoms with Crippen molar-refractivity contribution in [3.05, 3.63) is 34.8 Å². The van der Waals surface area contributed by atoms with Gasteiger partial charge in [-0.05, 0) is 30.9 Å². The van der Waals surface area contributed by atoms with Gasteiger partial charge in [0.05, 0.1) is 9.69 Å². The van der Waals surface area contributed by atoms with E-state index >= 15 is 0 Å². The molecule has 1 aliphatic heterocycles. The van der Waals surface area contributed by atoms with Gasteiger partial charge in [0.15, 0.2) is 0 Å². The zero-order valence-electron chi connectivity index (χ0n) is 12.1. The average Bonchev–Trinajstić information content (AvgIpc) is 2.94. The molecule has 118 valence electrons. The summed E-state index contributed by atoms with van der Waals surface area (Å²) in [5.41, 5.74) is 0.511. The Morgan fingerprint density at radius 2 is 2.09 bits per heavy atom. The lowest BCUT2D eigenvalue weighted by atomic mass is 10.0. The highest BCUT2D eigenvalue weighted by atomic mass is 32.2. The Kier molecular flexibility index (Phi) is 3.83. The maximum atomic E-state index is 12.6. The first kappa shape index (κ1) is 14.9. The largest absolute Gasteiger partial charge is 0.493 e. The Labute approximate surface area is 127 Å². The zero-order chi connectivity index (χ0) is 15.7. The molecule has 1 aliphatic rings. The van der Waals surface area contributed by atoms with Crippen molar-refractivity contribution >= 4 is 10.0 Å². The topological polar surface area (TPSA) is 100 Å². The normalized spacial score (nSPS) is 20.1. The predicted molar refractivity (Wildman–Crippen MR) is 75.8 cm³/mol. The second kappa shape index (κ2) is 5.65. The highest BCUT2D eigenvalue weighted by Crippen LogP contribution is 2.23. The molecule has 1 saturated heterocycles. The molecule has 8 nitrogen and oxygen atoms in total. The molecule has 2 aromatic rings. The van der Waals surface area contributed by atoms with Crippen molar-refractivity contribution in [2.45, 2.75) is 24.7 Å². The van der Waals surface area contributed by atoms with E-state index in [1.807, 2.05) is 0 Å². The van der Waals surface area contributed by atoms with E-state index in [0.29, 0.717) is 24.7 Å². The molecule has 3 rings (SSSR count). The lowest BCUT2D eigenvalue weighted by Gasteiger charge is -2.29. The van der Waals surface area contributed by atoms with Crippen molar-refractivity contribution in [1.82, 2.24) is 14.7 Å². The fraction of sp³-hybridized carbons (Fsp3) is 0.462. The fourth-order valence-corrected chi connectivity index (χ4v) is 4.19. The van der Waals surface area contributed by atoms with Gasteiger partial charge in [-0.1, -0.05) is 12.0 Å². The molecule has 0 spiro atoms. The zero-order valence-corrected chi connectivity index (χ0v) is 12.9. The van der Waals surface area contributed by atoms with Gasteiger partial charge in [-0.15, -0.1) is 0 Å². The lowest BCUT2D eigenvalue weighted by molar-refractivity contribution is -0.725. The first-order chi connectivity index (χ1) is 10.5. The first-order valence-electron chi connectivity index (χ1n) is 7.06. The van der Waals surface area contributed by atoms with Crippen LogP contribution >= 0.6 is 0 Å². The highest BCUT2D eigenvalue weighted by Gasteiger charge is 2.29. The number of hydrogen-bond donors (Lipinski definition) is 1. The van der Waals surface area contributed by atoms with E-state index in [1.54, 1.807) is 12.1 Å². The third-order valence-corrected chi connectivity index (χ3v) is 5.62. The molecule has 9 heteroatoms. The third-order valence-electron chi connectivity index (χ3n) is 3.74. The van der Waals surface area contributed by atoms with Gasteiger partial charge in [0, 0.05) is 25.2 Å². The van der Waals surface area contributed by atoms with Crippen molar-refractivity contribution < 1.29 is 17.7 Å². The SMILES string of the molecule is C[C@@H]1CCCN(S(=O)(=O)c2ccc(-[n+]3noc(=O)[nH]3)cc2)C1. The number of hydrogen-bond acceptors (Lipinski definition) is 5. The molecule has 0 saturated carbocycles. The monoisotopic (exact) mass is 325 g/mol. The summed E-state index contributed by atoms with van der Waals surface area (Å²) in [6.45, 7) is 3.16. The van der Waals surface area contributed by atoms with Gasteiger partial charge in [-0.3, -0.25) is 0 Å². The quantitative estimate of drug-likeness (QED) is 0.804. The lowest BCUT2D eigenvalue weighted by Crippen LogP contribution is -2.39. The van der Waals surface area contributed by atoms with Crippen molar-refractivity contribution in [3.8, 4) is 5.69 Å². The van der Waals surface area contributed by atoms with E-state index in [4.69, 9.17) is 0 Å². The smallest absolute Gasteiger partial charge is 0.239 e. The summed E-state index contributed by atoms with van der Waals surface area (Å²) in [5, 5.41) is 5.83. The molecule has 0 bridgehead atoms. The van der Waals surface area contributed by atoms with Crippen LogP contribution in [0.2, 0.25) is 0 Å². The predicted octanol–water partition coefficient (Wildman–Crippen LogP) is 0.0602. The molecule has 0 amide bonds. The Bertz CT molecular complexity index is 809.